The molecule has 0 bridgehead atoms. The standard InChI is InChI=1S/C14H18F6O4.C10H12F6O3.C6H8F6O2.C5H4F6O3/c1-7(2)9(21)23-11(5,6)12(13(15,16)17,14(18,19)20)24-10(22)8(3)4;1-5(2)6(17)19-7(3,4)8(18,9(11,12)13)10(14,15)16;1-3(2,13)4(14,5(7,8)9)6(10,11)12;1-14-2(12)3(13,4(6,7)8)5(9,10)11/h8H,1H2,2-6H3;18H,1H2,2-4H3;13-14H,1-2H3;13H,1H3. The first-order valence-corrected chi connectivity index (χ1v) is 17.7. The zero-order chi connectivity index (χ0) is 59.4. The third-order valence-corrected chi connectivity index (χ3v) is 8.46. The largest absolute Gasteiger partial charge is 0.466 e. The highest BCUT2D eigenvalue weighted by molar-refractivity contribution is 5.88. The van der Waals surface area contributed by atoms with Crippen LogP contribution in [-0.2, 0) is 38.1 Å². The number of hydrogen-bond donors (Lipinski definition) is 4. The third-order valence-electron chi connectivity index (χ3n) is 8.46. The molecule has 12 nitrogen and oxygen atoms in total. The van der Waals surface area contributed by atoms with Crippen LogP contribution in [0.25, 0.3) is 0 Å². The second kappa shape index (κ2) is 22.3. The minimum atomic E-state index is -6.18. The van der Waals surface area contributed by atoms with Gasteiger partial charge in [0.2, 0.25) is 0 Å². The summed E-state index contributed by atoms with van der Waals surface area (Å²) in [5.74, 6) is -8.81. The van der Waals surface area contributed by atoms with E-state index < -0.39 is 130 Å². The van der Waals surface area contributed by atoms with Crippen molar-refractivity contribution in [1.82, 2.24) is 0 Å². The van der Waals surface area contributed by atoms with E-state index in [-0.39, 0.29) is 13.8 Å². The maximum atomic E-state index is 13.4. The van der Waals surface area contributed by atoms with E-state index >= 15 is 0 Å². The van der Waals surface area contributed by atoms with Gasteiger partial charge in [-0.05, 0) is 55.4 Å². The lowest BCUT2D eigenvalue weighted by Gasteiger charge is -2.46. The third kappa shape index (κ3) is 15.8. The number of aliphatic hydroxyl groups is 4. The van der Waals surface area contributed by atoms with Gasteiger partial charge in [0.15, 0.2) is 11.2 Å². The summed E-state index contributed by atoms with van der Waals surface area (Å²) >= 11 is 0. The van der Waals surface area contributed by atoms with E-state index in [2.05, 4.69) is 32.1 Å². The average molecular weight is 1110 g/mol. The smallest absolute Gasteiger partial charge is 0.441 e. The number of carbonyl (C=O) groups is 4. The molecule has 0 spiro atoms. The van der Waals surface area contributed by atoms with Crippen molar-refractivity contribution in [3.8, 4) is 0 Å². The fourth-order valence-electron chi connectivity index (χ4n) is 4.37. The minimum Gasteiger partial charge on any atom is -0.466 e. The van der Waals surface area contributed by atoms with Gasteiger partial charge >= 0.3 is 84.5 Å². The van der Waals surface area contributed by atoms with Crippen LogP contribution in [-0.4, -0.2) is 140 Å². The monoisotopic (exact) mass is 1110 g/mol. The second-order valence-corrected chi connectivity index (χ2v) is 15.8. The SMILES string of the molecule is C=C(C)C(=O)OC(C)(C)C(O)(C(F)(F)F)C(F)(F)F.C=C(C)C(=O)OC(C)(C)C(OC(=O)C(C)C)(C(F)(F)F)C(F)(F)F.CC(C)(O)C(O)(C(F)(F)F)C(F)(F)F.COC(=O)C(O)(C(F)(F)F)C(F)(F)F. The number of ether oxygens (including phenoxy) is 4. The Labute approximate surface area is 383 Å². The number of alkyl halides is 24. The van der Waals surface area contributed by atoms with Gasteiger partial charge in [-0.1, -0.05) is 27.0 Å². The second-order valence-electron chi connectivity index (χ2n) is 15.8. The summed E-state index contributed by atoms with van der Waals surface area (Å²) in [6.45, 7) is 12.1. The molecule has 36 heteroatoms. The average Bonchev–Trinajstić information content (AvgIpc) is 3.07. The van der Waals surface area contributed by atoms with Gasteiger partial charge in [-0.15, -0.1) is 0 Å². The molecule has 0 amide bonds. The summed E-state index contributed by atoms with van der Waals surface area (Å²) in [5, 5.41) is 34.6. The summed E-state index contributed by atoms with van der Waals surface area (Å²) in [4.78, 5) is 44.3. The Balaban J connectivity index is -0.000000433. The summed E-state index contributed by atoms with van der Waals surface area (Å²) < 4.78 is 314. The van der Waals surface area contributed by atoms with E-state index in [1.807, 2.05) is 0 Å². The molecule has 422 valence electrons. The van der Waals surface area contributed by atoms with E-state index in [1.54, 1.807) is 0 Å². The molecule has 0 saturated carbocycles. The van der Waals surface area contributed by atoms with Gasteiger partial charge in [-0.3, -0.25) is 4.79 Å². The molecule has 0 aromatic heterocycles. The van der Waals surface area contributed by atoms with Crippen molar-refractivity contribution < 1.29 is 164 Å². The van der Waals surface area contributed by atoms with E-state index in [1.165, 1.54) is 0 Å². The van der Waals surface area contributed by atoms with Crippen molar-refractivity contribution in [2.45, 2.75) is 158 Å². The van der Waals surface area contributed by atoms with Crippen molar-refractivity contribution in [3.63, 3.8) is 0 Å². The zero-order valence-corrected chi connectivity index (χ0v) is 37.6. The molecule has 0 aliphatic rings. The van der Waals surface area contributed by atoms with Gasteiger partial charge in [-0.2, -0.15) is 105 Å². The fourth-order valence-corrected chi connectivity index (χ4v) is 4.37. The van der Waals surface area contributed by atoms with Crippen molar-refractivity contribution in [2.75, 3.05) is 7.11 Å². The van der Waals surface area contributed by atoms with Crippen LogP contribution in [0.3, 0.4) is 0 Å². The molecule has 0 fully saturated rings. The first-order valence-electron chi connectivity index (χ1n) is 17.7. The van der Waals surface area contributed by atoms with Crippen molar-refractivity contribution in [3.05, 3.63) is 24.3 Å². The highest BCUT2D eigenvalue weighted by Crippen LogP contribution is 2.55. The Morgan fingerprint density at radius 3 is 0.817 bits per heavy atom. The molecule has 0 rings (SSSR count). The fraction of sp³-hybridized carbons (Fsp3) is 0.771. The molecule has 0 aromatic rings. The Bertz CT molecular complexity index is 1780. The van der Waals surface area contributed by atoms with Crippen LogP contribution >= 0.6 is 0 Å². The van der Waals surface area contributed by atoms with E-state index in [0.717, 1.165) is 27.7 Å². The van der Waals surface area contributed by atoms with Gasteiger partial charge in [-0.25, -0.2) is 14.4 Å². The quantitative estimate of drug-likeness (QED) is 0.0705. The Kier molecular flexibility index (Phi) is 23.0. The molecule has 0 unspecified atom stereocenters. The van der Waals surface area contributed by atoms with Crippen LogP contribution in [0, 0.1) is 5.92 Å². The molecule has 71 heavy (non-hydrogen) atoms. The van der Waals surface area contributed by atoms with Gasteiger partial charge < -0.3 is 39.4 Å². The van der Waals surface area contributed by atoms with E-state index in [0.29, 0.717) is 34.8 Å². The maximum Gasteiger partial charge on any atom is 0.441 e. The summed E-state index contributed by atoms with van der Waals surface area (Å²) in [7, 11) is 0.296. The number of rotatable bonds is 10. The number of hydrogen-bond acceptors (Lipinski definition) is 12. The van der Waals surface area contributed by atoms with Crippen LogP contribution in [0.5, 0.6) is 0 Å². The van der Waals surface area contributed by atoms with E-state index in [9.17, 15) is 125 Å². The lowest BCUT2D eigenvalue weighted by Crippen LogP contribution is -2.72. The number of methoxy groups -OCH3 is 1. The lowest BCUT2D eigenvalue weighted by atomic mass is 9.83. The Morgan fingerprint density at radius 2 is 0.676 bits per heavy atom. The summed E-state index contributed by atoms with van der Waals surface area (Å²) in [6, 6.07) is 0. The molecule has 0 aliphatic heterocycles. The van der Waals surface area contributed by atoms with Crippen LogP contribution < -0.4 is 0 Å². The first-order chi connectivity index (χ1) is 30.2. The molecule has 0 radical (unpaired) electrons. The van der Waals surface area contributed by atoms with Crippen LogP contribution in [0.4, 0.5) is 105 Å². The molecule has 4 N–H and O–H groups in total. The highest BCUT2D eigenvalue weighted by atomic mass is 19.4. The van der Waals surface area contributed by atoms with Gasteiger partial charge in [0.1, 0.15) is 5.60 Å². The first kappa shape index (κ1) is 73.1. The predicted octanol–water partition coefficient (Wildman–Crippen LogP) is 9.31. The van der Waals surface area contributed by atoms with Crippen molar-refractivity contribution in [2.24, 2.45) is 5.92 Å². The molecule has 0 atom stereocenters. The van der Waals surface area contributed by atoms with Crippen molar-refractivity contribution >= 4 is 23.9 Å². The maximum absolute atomic E-state index is 13.4. The Morgan fingerprint density at radius 1 is 0.423 bits per heavy atom. The minimum absolute atomic E-state index is 0.230. The van der Waals surface area contributed by atoms with Crippen molar-refractivity contribution in [1.29, 1.82) is 0 Å². The Hall–Kier alpha value is -4.48. The van der Waals surface area contributed by atoms with Gasteiger partial charge in [0.25, 0.3) is 11.2 Å². The normalized spacial score (nSPS) is 14.3. The van der Waals surface area contributed by atoms with Crippen LogP contribution in [0.1, 0.15) is 69.2 Å². The molecular formula is C35H42F24O12. The molecule has 0 aromatic carbocycles. The van der Waals surface area contributed by atoms with Crippen LogP contribution in [0.15, 0.2) is 24.3 Å². The van der Waals surface area contributed by atoms with Gasteiger partial charge in [0, 0.05) is 11.1 Å². The molecule has 0 saturated heterocycles. The van der Waals surface area contributed by atoms with Crippen LogP contribution in [0.2, 0.25) is 0 Å². The summed E-state index contributed by atoms with van der Waals surface area (Å²) in [6.07, 6.45) is -48.7. The molecule has 0 heterocycles. The molecule has 0 aliphatic carbocycles. The summed E-state index contributed by atoms with van der Waals surface area (Å²) in [5.41, 5.74) is -31.6. The highest BCUT2D eigenvalue weighted by Gasteiger charge is 2.83. The van der Waals surface area contributed by atoms with Gasteiger partial charge in [0.05, 0.1) is 13.0 Å². The molecular weight excluding hydrogens is 1070 g/mol. The number of esters is 4. The zero-order valence-electron chi connectivity index (χ0n) is 37.6. The number of carbonyl (C=O) groups excluding carboxylic acids is 4. The topological polar surface area (TPSA) is 186 Å². The number of halogens is 24. The predicted molar refractivity (Wildman–Crippen MR) is 185 cm³/mol. The van der Waals surface area contributed by atoms with E-state index in [4.69, 9.17) is 20.4 Å². The lowest BCUT2D eigenvalue weighted by molar-refractivity contribution is -0.408.